The van der Waals surface area contributed by atoms with E-state index >= 15 is 0 Å². The van der Waals surface area contributed by atoms with Gasteiger partial charge in [-0.3, -0.25) is 9.59 Å². The van der Waals surface area contributed by atoms with Gasteiger partial charge in [0.1, 0.15) is 5.75 Å². The fourth-order valence-electron chi connectivity index (χ4n) is 2.04. The molecule has 1 amide bonds. The lowest BCUT2D eigenvalue weighted by atomic mass is 9.94. The first-order valence-corrected chi connectivity index (χ1v) is 7.07. The van der Waals surface area contributed by atoms with E-state index in [1.54, 1.807) is 25.8 Å². The van der Waals surface area contributed by atoms with Crippen molar-refractivity contribution in [2.45, 2.75) is 27.3 Å². The van der Waals surface area contributed by atoms with Crippen LogP contribution in [0.5, 0.6) is 5.75 Å². The predicted octanol–water partition coefficient (Wildman–Crippen LogP) is 2.40. The van der Waals surface area contributed by atoms with Crippen LogP contribution in [0.3, 0.4) is 0 Å². The van der Waals surface area contributed by atoms with Gasteiger partial charge in [-0.25, -0.2) is 0 Å². The molecule has 1 aromatic rings. The van der Waals surface area contributed by atoms with E-state index < -0.39 is 17.8 Å². The topological polar surface area (TPSA) is 66.8 Å². The second-order valence-electron chi connectivity index (χ2n) is 5.15. The van der Waals surface area contributed by atoms with Crippen molar-refractivity contribution >= 4 is 11.9 Å². The average Bonchev–Trinajstić information content (AvgIpc) is 2.47. The summed E-state index contributed by atoms with van der Waals surface area (Å²) in [6.45, 7) is 6.05. The molecule has 1 aromatic carbocycles. The van der Waals surface area contributed by atoms with E-state index in [0.29, 0.717) is 13.2 Å². The third kappa shape index (κ3) is 4.48. The van der Waals surface area contributed by atoms with Crippen LogP contribution >= 0.6 is 0 Å². The SMILES string of the molecule is CCOc1ccccc1CN(C)C(=O)C(C)C(C)C(=O)O. The number of hydrogen-bond acceptors (Lipinski definition) is 3. The first-order valence-electron chi connectivity index (χ1n) is 7.07. The van der Waals surface area contributed by atoms with Gasteiger partial charge in [0, 0.05) is 25.1 Å². The number of nitrogens with zero attached hydrogens (tertiary/aromatic N) is 1. The average molecular weight is 293 g/mol. The quantitative estimate of drug-likeness (QED) is 0.838. The lowest BCUT2D eigenvalue weighted by Gasteiger charge is -2.24. The van der Waals surface area contributed by atoms with Crippen LogP contribution in [-0.4, -0.2) is 35.5 Å². The van der Waals surface area contributed by atoms with Gasteiger partial charge in [-0.15, -0.1) is 0 Å². The highest BCUT2D eigenvalue weighted by Gasteiger charge is 2.28. The minimum atomic E-state index is -0.959. The molecule has 0 aliphatic carbocycles. The Morgan fingerprint density at radius 2 is 1.86 bits per heavy atom. The fourth-order valence-corrected chi connectivity index (χ4v) is 2.04. The summed E-state index contributed by atoms with van der Waals surface area (Å²) in [6, 6.07) is 7.53. The standard InChI is InChI=1S/C16H23NO4/c1-5-21-14-9-7-6-8-13(14)10-17(4)15(18)11(2)12(3)16(19)20/h6-9,11-12H,5,10H2,1-4H3,(H,19,20). The van der Waals surface area contributed by atoms with E-state index in [1.807, 2.05) is 31.2 Å². The van der Waals surface area contributed by atoms with Crippen molar-refractivity contribution in [3.05, 3.63) is 29.8 Å². The van der Waals surface area contributed by atoms with Crippen LogP contribution in [0.4, 0.5) is 0 Å². The molecule has 2 unspecified atom stereocenters. The Bertz CT molecular complexity index is 501. The highest BCUT2D eigenvalue weighted by atomic mass is 16.5. The molecule has 2 atom stereocenters. The first kappa shape index (κ1) is 17.0. The van der Waals surface area contributed by atoms with Crippen LogP contribution in [0.25, 0.3) is 0 Å². The van der Waals surface area contributed by atoms with Gasteiger partial charge in [0.15, 0.2) is 0 Å². The zero-order valence-electron chi connectivity index (χ0n) is 13.0. The van der Waals surface area contributed by atoms with Gasteiger partial charge in [-0.2, -0.15) is 0 Å². The lowest BCUT2D eigenvalue weighted by Crippen LogP contribution is -2.36. The number of carboxylic acid groups (broad SMARTS) is 1. The number of benzene rings is 1. The largest absolute Gasteiger partial charge is 0.494 e. The predicted molar refractivity (Wildman–Crippen MR) is 80.0 cm³/mol. The van der Waals surface area contributed by atoms with Gasteiger partial charge in [0.05, 0.1) is 12.5 Å². The van der Waals surface area contributed by atoms with Crippen molar-refractivity contribution in [3.8, 4) is 5.75 Å². The summed E-state index contributed by atoms with van der Waals surface area (Å²) in [7, 11) is 1.68. The third-order valence-electron chi connectivity index (χ3n) is 3.59. The van der Waals surface area contributed by atoms with Crippen molar-refractivity contribution in [2.75, 3.05) is 13.7 Å². The van der Waals surface area contributed by atoms with Crippen molar-refractivity contribution in [1.82, 2.24) is 4.90 Å². The smallest absolute Gasteiger partial charge is 0.307 e. The summed E-state index contributed by atoms with van der Waals surface area (Å²) < 4.78 is 5.53. The maximum Gasteiger partial charge on any atom is 0.307 e. The molecule has 1 rings (SSSR count). The highest BCUT2D eigenvalue weighted by Crippen LogP contribution is 2.21. The second-order valence-corrected chi connectivity index (χ2v) is 5.15. The maximum absolute atomic E-state index is 12.3. The molecule has 21 heavy (non-hydrogen) atoms. The molecular formula is C16H23NO4. The number of amides is 1. The summed E-state index contributed by atoms with van der Waals surface area (Å²) >= 11 is 0. The molecular weight excluding hydrogens is 270 g/mol. The monoisotopic (exact) mass is 293 g/mol. The van der Waals surface area contributed by atoms with Crippen molar-refractivity contribution < 1.29 is 19.4 Å². The summed E-state index contributed by atoms with van der Waals surface area (Å²) in [6.07, 6.45) is 0. The summed E-state index contributed by atoms with van der Waals surface area (Å²) in [4.78, 5) is 24.8. The molecule has 0 saturated heterocycles. The van der Waals surface area contributed by atoms with E-state index in [-0.39, 0.29) is 5.91 Å². The Morgan fingerprint density at radius 3 is 2.43 bits per heavy atom. The van der Waals surface area contributed by atoms with Gasteiger partial charge in [-0.1, -0.05) is 32.0 Å². The summed E-state index contributed by atoms with van der Waals surface area (Å²) in [5.74, 6) is -1.66. The van der Waals surface area contributed by atoms with E-state index in [1.165, 1.54) is 0 Å². The molecule has 0 aliphatic rings. The van der Waals surface area contributed by atoms with Crippen LogP contribution in [0.2, 0.25) is 0 Å². The van der Waals surface area contributed by atoms with Crippen molar-refractivity contribution in [3.63, 3.8) is 0 Å². The number of rotatable bonds is 7. The summed E-state index contributed by atoms with van der Waals surface area (Å²) in [5, 5.41) is 9.00. The Hall–Kier alpha value is -2.04. The molecule has 0 aromatic heterocycles. The molecule has 0 bridgehead atoms. The number of ether oxygens (including phenoxy) is 1. The van der Waals surface area contributed by atoms with E-state index in [0.717, 1.165) is 11.3 Å². The lowest BCUT2D eigenvalue weighted by molar-refractivity contribution is -0.148. The van der Waals surface area contributed by atoms with Crippen molar-refractivity contribution in [2.24, 2.45) is 11.8 Å². The molecule has 0 radical (unpaired) electrons. The van der Waals surface area contributed by atoms with Crippen LogP contribution in [0, 0.1) is 11.8 Å². The number of hydrogen-bond donors (Lipinski definition) is 1. The summed E-state index contributed by atoms with van der Waals surface area (Å²) in [5.41, 5.74) is 0.908. The molecule has 0 fully saturated rings. The maximum atomic E-state index is 12.3. The second kappa shape index (κ2) is 7.67. The zero-order valence-corrected chi connectivity index (χ0v) is 13.0. The van der Waals surface area contributed by atoms with Crippen LogP contribution in [0.1, 0.15) is 26.3 Å². The molecule has 116 valence electrons. The zero-order chi connectivity index (χ0) is 16.0. The number of aliphatic carboxylic acids is 1. The van der Waals surface area contributed by atoms with Crippen molar-refractivity contribution in [1.29, 1.82) is 0 Å². The molecule has 0 heterocycles. The normalized spacial score (nSPS) is 13.3. The Balaban J connectivity index is 2.79. The van der Waals surface area contributed by atoms with Crippen LogP contribution in [0.15, 0.2) is 24.3 Å². The number of carbonyl (C=O) groups excluding carboxylic acids is 1. The molecule has 5 heteroatoms. The van der Waals surface area contributed by atoms with Gasteiger partial charge < -0.3 is 14.7 Å². The van der Waals surface area contributed by atoms with Crippen LogP contribution in [-0.2, 0) is 16.1 Å². The van der Waals surface area contributed by atoms with Crippen LogP contribution < -0.4 is 4.74 Å². The molecule has 1 N–H and O–H groups in total. The number of para-hydroxylation sites is 1. The fraction of sp³-hybridized carbons (Fsp3) is 0.500. The van der Waals surface area contributed by atoms with Gasteiger partial charge in [0.25, 0.3) is 0 Å². The van der Waals surface area contributed by atoms with Gasteiger partial charge >= 0.3 is 5.97 Å². The number of carboxylic acids is 1. The van der Waals surface area contributed by atoms with Gasteiger partial charge in [-0.05, 0) is 13.0 Å². The van der Waals surface area contributed by atoms with Gasteiger partial charge in [0.2, 0.25) is 5.91 Å². The Labute approximate surface area is 125 Å². The highest BCUT2D eigenvalue weighted by molar-refractivity contribution is 5.84. The van der Waals surface area contributed by atoms with E-state index in [2.05, 4.69) is 0 Å². The molecule has 5 nitrogen and oxygen atoms in total. The molecule has 0 spiro atoms. The Kier molecular flexibility index (Phi) is 6.21. The Morgan fingerprint density at radius 1 is 1.24 bits per heavy atom. The number of carbonyl (C=O) groups is 2. The first-order chi connectivity index (χ1) is 9.88. The van der Waals surface area contributed by atoms with E-state index in [4.69, 9.17) is 9.84 Å². The van der Waals surface area contributed by atoms with E-state index in [9.17, 15) is 9.59 Å². The minimum absolute atomic E-state index is 0.184. The molecule has 0 saturated carbocycles. The third-order valence-corrected chi connectivity index (χ3v) is 3.59. The minimum Gasteiger partial charge on any atom is -0.494 e. The molecule has 0 aliphatic heterocycles.